The van der Waals surface area contributed by atoms with Crippen LogP contribution in [0.25, 0.3) is 0 Å². The van der Waals surface area contributed by atoms with Crippen LogP contribution in [0.5, 0.6) is 17.2 Å². The Bertz CT molecular complexity index is 803. The SMILES string of the molecule is CC(C)Oc1ccc(C(=O)N/N=C\c2cc(Br)c3c(c2)OCO3)cc1. The Hall–Kier alpha value is -2.54. The molecule has 2 aromatic carbocycles. The van der Waals surface area contributed by atoms with E-state index in [4.69, 9.17) is 14.2 Å². The molecule has 0 atom stereocenters. The van der Waals surface area contributed by atoms with Gasteiger partial charge in [-0.15, -0.1) is 0 Å². The van der Waals surface area contributed by atoms with E-state index in [0.29, 0.717) is 17.1 Å². The Morgan fingerprint density at radius 3 is 2.76 bits per heavy atom. The smallest absolute Gasteiger partial charge is 0.271 e. The number of hydrogen-bond acceptors (Lipinski definition) is 5. The summed E-state index contributed by atoms with van der Waals surface area (Å²) in [7, 11) is 0. The van der Waals surface area contributed by atoms with Crippen LogP contribution < -0.4 is 19.6 Å². The van der Waals surface area contributed by atoms with E-state index >= 15 is 0 Å². The van der Waals surface area contributed by atoms with E-state index in [1.807, 2.05) is 19.9 Å². The fourth-order valence-corrected chi connectivity index (χ4v) is 2.82. The first-order chi connectivity index (χ1) is 12.0. The maximum Gasteiger partial charge on any atom is 0.271 e. The van der Waals surface area contributed by atoms with Gasteiger partial charge in [-0.3, -0.25) is 4.79 Å². The molecular formula is C18H17BrN2O4. The van der Waals surface area contributed by atoms with Crippen LogP contribution >= 0.6 is 15.9 Å². The van der Waals surface area contributed by atoms with Crippen LogP contribution in [0.2, 0.25) is 0 Å². The molecule has 1 heterocycles. The van der Waals surface area contributed by atoms with Crippen LogP contribution in [0.15, 0.2) is 46.0 Å². The normalized spacial score (nSPS) is 12.6. The molecule has 130 valence electrons. The number of amides is 1. The summed E-state index contributed by atoms with van der Waals surface area (Å²) < 4.78 is 17.0. The molecule has 0 saturated carbocycles. The summed E-state index contributed by atoms with van der Waals surface area (Å²) in [5.74, 6) is 1.74. The van der Waals surface area contributed by atoms with Crippen LogP contribution in [0, 0.1) is 0 Å². The van der Waals surface area contributed by atoms with Crippen molar-refractivity contribution in [3.63, 3.8) is 0 Å². The Labute approximate surface area is 153 Å². The lowest BCUT2D eigenvalue weighted by molar-refractivity contribution is 0.0955. The second-order valence-corrected chi connectivity index (χ2v) is 6.48. The molecule has 1 N–H and O–H groups in total. The molecule has 0 spiro atoms. The number of nitrogens with one attached hydrogen (secondary N) is 1. The third kappa shape index (κ3) is 4.30. The van der Waals surface area contributed by atoms with E-state index in [0.717, 1.165) is 15.8 Å². The van der Waals surface area contributed by atoms with Crippen molar-refractivity contribution in [1.82, 2.24) is 5.43 Å². The lowest BCUT2D eigenvalue weighted by Crippen LogP contribution is -2.17. The van der Waals surface area contributed by atoms with E-state index in [1.54, 1.807) is 36.5 Å². The molecule has 0 radical (unpaired) electrons. The van der Waals surface area contributed by atoms with E-state index in [2.05, 4.69) is 26.5 Å². The molecule has 7 heteroatoms. The minimum absolute atomic E-state index is 0.0882. The zero-order valence-corrected chi connectivity index (χ0v) is 15.4. The summed E-state index contributed by atoms with van der Waals surface area (Å²) in [6.07, 6.45) is 1.63. The highest BCUT2D eigenvalue weighted by Gasteiger charge is 2.17. The second kappa shape index (κ2) is 7.57. The van der Waals surface area contributed by atoms with Gasteiger partial charge in [0.1, 0.15) is 5.75 Å². The van der Waals surface area contributed by atoms with Crippen molar-refractivity contribution >= 4 is 28.1 Å². The van der Waals surface area contributed by atoms with E-state index in [9.17, 15) is 4.79 Å². The Balaban J connectivity index is 1.62. The summed E-state index contributed by atoms with van der Waals surface area (Å²) in [4.78, 5) is 12.1. The fraction of sp³-hybridized carbons (Fsp3) is 0.222. The molecule has 0 unspecified atom stereocenters. The van der Waals surface area contributed by atoms with Crippen molar-refractivity contribution < 1.29 is 19.0 Å². The predicted molar refractivity (Wildman–Crippen MR) is 97.5 cm³/mol. The van der Waals surface area contributed by atoms with Crippen LogP contribution in [-0.2, 0) is 0 Å². The first-order valence-electron chi connectivity index (χ1n) is 7.72. The van der Waals surface area contributed by atoms with Crippen molar-refractivity contribution in [2.75, 3.05) is 6.79 Å². The fourth-order valence-electron chi connectivity index (χ4n) is 2.25. The highest BCUT2D eigenvalue weighted by molar-refractivity contribution is 9.10. The number of fused-ring (bicyclic) bond motifs is 1. The van der Waals surface area contributed by atoms with Crippen molar-refractivity contribution in [2.24, 2.45) is 5.10 Å². The lowest BCUT2D eigenvalue weighted by atomic mass is 10.2. The Kier molecular flexibility index (Phi) is 5.23. The lowest BCUT2D eigenvalue weighted by Gasteiger charge is -2.09. The summed E-state index contributed by atoms with van der Waals surface area (Å²) in [5.41, 5.74) is 3.77. The molecule has 25 heavy (non-hydrogen) atoms. The van der Waals surface area contributed by atoms with Gasteiger partial charge in [-0.1, -0.05) is 0 Å². The molecule has 1 amide bonds. The molecular weight excluding hydrogens is 388 g/mol. The summed E-state index contributed by atoms with van der Waals surface area (Å²) in [6, 6.07) is 10.5. The van der Waals surface area contributed by atoms with E-state index < -0.39 is 0 Å². The topological polar surface area (TPSA) is 69.2 Å². The van der Waals surface area contributed by atoms with Gasteiger partial charge in [-0.05, 0) is 71.7 Å². The Morgan fingerprint density at radius 1 is 1.28 bits per heavy atom. The van der Waals surface area contributed by atoms with Crippen molar-refractivity contribution in [3.05, 3.63) is 52.0 Å². The summed E-state index contributed by atoms with van der Waals surface area (Å²) >= 11 is 3.41. The second-order valence-electron chi connectivity index (χ2n) is 5.63. The minimum atomic E-state index is -0.299. The van der Waals surface area contributed by atoms with Crippen molar-refractivity contribution in [3.8, 4) is 17.2 Å². The molecule has 1 aliphatic rings. The molecule has 0 saturated heterocycles. The van der Waals surface area contributed by atoms with Gasteiger partial charge in [0.25, 0.3) is 5.91 Å². The maximum atomic E-state index is 12.1. The third-order valence-electron chi connectivity index (χ3n) is 3.32. The molecule has 0 aliphatic carbocycles. The van der Waals surface area contributed by atoms with E-state index in [-0.39, 0.29) is 18.8 Å². The molecule has 0 aromatic heterocycles. The van der Waals surface area contributed by atoms with Gasteiger partial charge in [0, 0.05) is 5.56 Å². The first kappa shape index (κ1) is 17.3. The molecule has 0 bridgehead atoms. The van der Waals surface area contributed by atoms with E-state index in [1.165, 1.54) is 0 Å². The zero-order chi connectivity index (χ0) is 17.8. The van der Waals surface area contributed by atoms with Crippen LogP contribution in [-0.4, -0.2) is 25.0 Å². The third-order valence-corrected chi connectivity index (χ3v) is 3.91. The molecule has 1 aliphatic heterocycles. The standard InChI is InChI=1S/C18H17BrN2O4/c1-11(2)25-14-5-3-13(4-6-14)18(22)21-20-9-12-7-15(19)17-16(8-12)23-10-24-17/h3-9,11H,10H2,1-2H3,(H,21,22)/b20-9-. The number of hydrazone groups is 1. The van der Waals surface area contributed by atoms with Gasteiger partial charge < -0.3 is 14.2 Å². The van der Waals surface area contributed by atoms with Gasteiger partial charge in [0.05, 0.1) is 16.8 Å². The largest absolute Gasteiger partial charge is 0.491 e. The number of hydrogen-bond donors (Lipinski definition) is 1. The summed E-state index contributed by atoms with van der Waals surface area (Å²) in [6.45, 7) is 4.09. The quantitative estimate of drug-likeness (QED) is 0.608. The minimum Gasteiger partial charge on any atom is -0.491 e. The number of carbonyl (C=O) groups excluding carboxylic acids is 1. The van der Waals surface area contributed by atoms with Gasteiger partial charge in [-0.2, -0.15) is 5.10 Å². The highest BCUT2D eigenvalue weighted by atomic mass is 79.9. The van der Waals surface area contributed by atoms with Gasteiger partial charge in [0.15, 0.2) is 11.5 Å². The molecule has 3 rings (SSSR count). The van der Waals surface area contributed by atoms with Crippen LogP contribution in [0.4, 0.5) is 0 Å². The monoisotopic (exact) mass is 404 g/mol. The molecule has 6 nitrogen and oxygen atoms in total. The number of ether oxygens (including phenoxy) is 3. The summed E-state index contributed by atoms with van der Waals surface area (Å²) in [5, 5.41) is 3.98. The average molecular weight is 405 g/mol. The zero-order valence-electron chi connectivity index (χ0n) is 13.8. The molecule has 2 aromatic rings. The van der Waals surface area contributed by atoms with Gasteiger partial charge >= 0.3 is 0 Å². The number of carbonyl (C=O) groups is 1. The van der Waals surface area contributed by atoms with Crippen molar-refractivity contribution in [2.45, 2.75) is 20.0 Å². The first-order valence-corrected chi connectivity index (χ1v) is 8.51. The maximum absolute atomic E-state index is 12.1. The van der Waals surface area contributed by atoms with Gasteiger partial charge in [0.2, 0.25) is 6.79 Å². The predicted octanol–water partition coefficient (Wildman–Crippen LogP) is 3.73. The highest BCUT2D eigenvalue weighted by Crippen LogP contribution is 2.39. The number of halogens is 1. The molecule has 0 fully saturated rings. The van der Waals surface area contributed by atoms with Crippen molar-refractivity contribution in [1.29, 1.82) is 0 Å². The van der Waals surface area contributed by atoms with Crippen LogP contribution in [0.3, 0.4) is 0 Å². The van der Waals surface area contributed by atoms with Crippen LogP contribution in [0.1, 0.15) is 29.8 Å². The number of benzene rings is 2. The van der Waals surface area contributed by atoms with Gasteiger partial charge in [-0.25, -0.2) is 5.43 Å². The Morgan fingerprint density at radius 2 is 2.04 bits per heavy atom. The average Bonchev–Trinajstić information content (AvgIpc) is 3.04. The number of rotatable bonds is 5. The number of nitrogens with zero attached hydrogens (tertiary/aromatic N) is 1.